The minimum absolute atomic E-state index is 0.0632. The van der Waals surface area contributed by atoms with Gasteiger partial charge in [0.05, 0.1) is 6.04 Å². The number of amides is 1. The summed E-state index contributed by atoms with van der Waals surface area (Å²) < 4.78 is 1.68. The molecule has 0 unspecified atom stereocenters. The lowest BCUT2D eigenvalue weighted by Crippen LogP contribution is -2.17. The van der Waals surface area contributed by atoms with Crippen molar-refractivity contribution >= 4 is 11.9 Å². The maximum atomic E-state index is 11.9. The van der Waals surface area contributed by atoms with Crippen molar-refractivity contribution in [3.05, 3.63) is 36.4 Å². The van der Waals surface area contributed by atoms with Gasteiger partial charge in [-0.2, -0.15) is 10.1 Å². The number of aromatic nitrogens is 4. The summed E-state index contributed by atoms with van der Waals surface area (Å²) in [5.74, 6) is 0.432. The number of rotatable bonds is 5. The number of nitrogens with one attached hydrogen (secondary N) is 1. The molecule has 1 amide bonds. The molecule has 0 aliphatic heterocycles. The van der Waals surface area contributed by atoms with E-state index in [9.17, 15) is 4.79 Å². The van der Waals surface area contributed by atoms with E-state index in [1.807, 2.05) is 26.0 Å². The van der Waals surface area contributed by atoms with Crippen molar-refractivity contribution in [3.63, 3.8) is 0 Å². The van der Waals surface area contributed by atoms with Crippen molar-refractivity contribution in [1.82, 2.24) is 19.7 Å². The van der Waals surface area contributed by atoms with Crippen molar-refractivity contribution in [1.29, 1.82) is 0 Å². The maximum Gasteiger partial charge on any atom is 0.228 e. The Hall–Kier alpha value is -2.24. The van der Waals surface area contributed by atoms with Gasteiger partial charge in [-0.05, 0) is 38.0 Å². The normalized spacial score (nSPS) is 10.7. The van der Waals surface area contributed by atoms with Gasteiger partial charge in [0.15, 0.2) is 0 Å². The second-order valence-corrected chi connectivity index (χ2v) is 4.53. The molecule has 19 heavy (non-hydrogen) atoms. The molecular formula is C13H17N5O. The van der Waals surface area contributed by atoms with Crippen molar-refractivity contribution in [2.75, 3.05) is 5.32 Å². The second-order valence-electron chi connectivity index (χ2n) is 4.53. The van der Waals surface area contributed by atoms with Crippen LogP contribution in [0.25, 0.3) is 0 Å². The number of carbonyl (C=O) groups excluding carboxylic acids is 1. The van der Waals surface area contributed by atoms with Crippen LogP contribution in [-0.2, 0) is 11.2 Å². The van der Waals surface area contributed by atoms with Crippen LogP contribution < -0.4 is 5.32 Å². The molecule has 100 valence electrons. The third kappa shape index (κ3) is 3.61. The van der Waals surface area contributed by atoms with Gasteiger partial charge in [-0.1, -0.05) is 0 Å². The summed E-state index contributed by atoms with van der Waals surface area (Å²) in [6.07, 6.45) is 5.99. The van der Waals surface area contributed by atoms with Crippen molar-refractivity contribution in [2.24, 2.45) is 0 Å². The van der Waals surface area contributed by atoms with E-state index in [1.54, 1.807) is 17.1 Å². The number of hydrogen-bond acceptors (Lipinski definition) is 4. The molecule has 0 fully saturated rings. The number of hydrogen-bond donors (Lipinski definition) is 1. The van der Waals surface area contributed by atoms with E-state index in [1.165, 1.54) is 6.33 Å². The fraction of sp³-hybridized carbons (Fsp3) is 0.385. The topological polar surface area (TPSA) is 72.7 Å². The van der Waals surface area contributed by atoms with Gasteiger partial charge in [-0.25, -0.2) is 4.68 Å². The number of nitrogens with zero attached hydrogens (tertiary/aromatic N) is 4. The highest BCUT2D eigenvalue weighted by molar-refractivity contribution is 5.89. The van der Waals surface area contributed by atoms with Gasteiger partial charge in [0.2, 0.25) is 11.9 Å². The van der Waals surface area contributed by atoms with Crippen molar-refractivity contribution in [2.45, 2.75) is 32.7 Å². The highest BCUT2D eigenvalue weighted by atomic mass is 16.1. The van der Waals surface area contributed by atoms with Gasteiger partial charge in [-0.3, -0.25) is 15.1 Å². The zero-order chi connectivity index (χ0) is 13.7. The van der Waals surface area contributed by atoms with Crippen molar-refractivity contribution in [3.8, 4) is 0 Å². The quantitative estimate of drug-likeness (QED) is 0.889. The Bertz CT molecular complexity index is 535. The number of carbonyl (C=O) groups is 1. The Morgan fingerprint density at radius 1 is 1.37 bits per heavy atom. The van der Waals surface area contributed by atoms with E-state index in [0.29, 0.717) is 18.8 Å². The second kappa shape index (κ2) is 6.08. The predicted molar refractivity (Wildman–Crippen MR) is 71.6 cm³/mol. The predicted octanol–water partition coefficient (Wildman–Crippen LogP) is 1.83. The largest absolute Gasteiger partial charge is 0.295 e. The summed E-state index contributed by atoms with van der Waals surface area (Å²) >= 11 is 0. The van der Waals surface area contributed by atoms with Gasteiger partial charge in [-0.15, -0.1) is 0 Å². The lowest BCUT2D eigenvalue weighted by molar-refractivity contribution is -0.116. The molecule has 0 aromatic carbocycles. The molecule has 2 aromatic rings. The van der Waals surface area contributed by atoms with Crippen LogP contribution in [0.15, 0.2) is 30.9 Å². The summed E-state index contributed by atoms with van der Waals surface area (Å²) in [7, 11) is 0. The lowest BCUT2D eigenvalue weighted by atomic mass is 10.1. The Morgan fingerprint density at radius 3 is 2.79 bits per heavy atom. The first-order chi connectivity index (χ1) is 9.16. The molecule has 0 aliphatic rings. The highest BCUT2D eigenvalue weighted by Gasteiger charge is 2.10. The first-order valence-electron chi connectivity index (χ1n) is 6.25. The molecule has 0 aliphatic carbocycles. The third-order valence-electron chi connectivity index (χ3n) is 2.70. The van der Waals surface area contributed by atoms with Gasteiger partial charge in [0.25, 0.3) is 0 Å². The first-order valence-corrected chi connectivity index (χ1v) is 6.25. The summed E-state index contributed by atoms with van der Waals surface area (Å²) in [4.78, 5) is 19.8. The Balaban J connectivity index is 1.89. The summed E-state index contributed by atoms with van der Waals surface area (Å²) in [6, 6.07) is 3.98. The van der Waals surface area contributed by atoms with E-state index in [2.05, 4.69) is 20.4 Å². The molecule has 2 heterocycles. The highest BCUT2D eigenvalue weighted by Crippen LogP contribution is 2.10. The fourth-order valence-electron chi connectivity index (χ4n) is 1.71. The molecule has 0 spiro atoms. The summed E-state index contributed by atoms with van der Waals surface area (Å²) in [5.41, 5.74) is 1.09. The standard InChI is InChI=1S/C13H17N5O/c1-10(2)18-13(15-9-16-18)17-12(19)4-3-11-5-7-14-8-6-11/h5-10H,3-4H2,1-2H3,(H,15,16,17,19). The number of pyridine rings is 1. The molecule has 0 radical (unpaired) electrons. The minimum atomic E-state index is -0.0632. The smallest absolute Gasteiger partial charge is 0.228 e. The van der Waals surface area contributed by atoms with Gasteiger partial charge in [0, 0.05) is 18.8 Å². The van der Waals surface area contributed by atoms with Crippen molar-refractivity contribution < 1.29 is 4.79 Å². The summed E-state index contributed by atoms with van der Waals surface area (Å²) in [5, 5.41) is 6.85. The molecule has 1 N–H and O–H groups in total. The fourth-order valence-corrected chi connectivity index (χ4v) is 1.71. The average molecular weight is 259 g/mol. The number of aryl methyl sites for hydroxylation is 1. The van der Waals surface area contributed by atoms with Crippen LogP contribution in [0.4, 0.5) is 5.95 Å². The van der Waals surface area contributed by atoms with E-state index in [0.717, 1.165) is 5.56 Å². The Kier molecular flexibility index (Phi) is 4.22. The van der Waals surface area contributed by atoms with E-state index in [4.69, 9.17) is 0 Å². The molecule has 0 atom stereocenters. The Morgan fingerprint density at radius 2 is 2.11 bits per heavy atom. The maximum absolute atomic E-state index is 11.9. The SMILES string of the molecule is CC(C)n1ncnc1NC(=O)CCc1ccncc1. The molecule has 2 aromatic heterocycles. The van der Waals surface area contributed by atoms with Crippen LogP contribution >= 0.6 is 0 Å². The Labute approximate surface area is 111 Å². The minimum Gasteiger partial charge on any atom is -0.295 e. The molecule has 0 saturated carbocycles. The van der Waals surface area contributed by atoms with Gasteiger partial charge >= 0.3 is 0 Å². The summed E-state index contributed by atoms with van der Waals surface area (Å²) in [6.45, 7) is 3.97. The lowest BCUT2D eigenvalue weighted by Gasteiger charge is -2.09. The molecular weight excluding hydrogens is 242 g/mol. The molecule has 6 heteroatoms. The zero-order valence-electron chi connectivity index (χ0n) is 11.1. The van der Waals surface area contributed by atoms with E-state index in [-0.39, 0.29) is 11.9 Å². The van der Waals surface area contributed by atoms with E-state index < -0.39 is 0 Å². The van der Waals surface area contributed by atoms with Crippen LogP contribution in [0.3, 0.4) is 0 Å². The van der Waals surface area contributed by atoms with Crippen LogP contribution in [0.5, 0.6) is 0 Å². The van der Waals surface area contributed by atoms with Gasteiger partial charge < -0.3 is 0 Å². The number of anilines is 1. The van der Waals surface area contributed by atoms with Crippen LogP contribution in [0, 0.1) is 0 Å². The zero-order valence-corrected chi connectivity index (χ0v) is 11.1. The monoisotopic (exact) mass is 259 g/mol. The molecule has 0 saturated heterocycles. The molecule has 0 bridgehead atoms. The average Bonchev–Trinajstić information content (AvgIpc) is 2.86. The van der Waals surface area contributed by atoms with Crippen LogP contribution in [-0.4, -0.2) is 25.7 Å². The molecule has 6 nitrogen and oxygen atoms in total. The third-order valence-corrected chi connectivity index (χ3v) is 2.70. The van der Waals surface area contributed by atoms with Gasteiger partial charge in [0.1, 0.15) is 6.33 Å². The molecule has 2 rings (SSSR count). The van der Waals surface area contributed by atoms with Crippen LogP contribution in [0.1, 0.15) is 31.9 Å². The van der Waals surface area contributed by atoms with Crippen LogP contribution in [0.2, 0.25) is 0 Å². The first kappa shape index (κ1) is 13.2. The van der Waals surface area contributed by atoms with E-state index >= 15 is 0 Å².